The van der Waals surface area contributed by atoms with E-state index in [0.29, 0.717) is 28.5 Å². The maximum absolute atomic E-state index is 11.1. The van der Waals surface area contributed by atoms with Crippen LogP contribution in [0.4, 0.5) is 5.69 Å². The molecule has 0 aliphatic heterocycles. The summed E-state index contributed by atoms with van der Waals surface area (Å²) in [6.07, 6.45) is 0. The van der Waals surface area contributed by atoms with E-state index in [1.807, 2.05) is 48.5 Å². The molecule has 0 saturated heterocycles. The highest BCUT2D eigenvalue weighted by Crippen LogP contribution is 2.31. The summed E-state index contributed by atoms with van der Waals surface area (Å²) >= 11 is 5.84. The molecule has 0 aliphatic carbocycles. The first-order valence-electron chi connectivity index (χ1n) is 8.21. The van der Waals surface area contributed by atoms with Crippen molar-refractivity contribution in [1.29, 1.82) is 0 Å². The minimum atomic E-state index is -0.562. The number of halogens is 1. The van der Waals surface area contributed by atoms with E-state index in [0.717, 1.165) is 0 Å². The van der Waals surface area contributed by atoms with Gasteiger partial charge in [0.15, 0.2) is 0 Å². The van der Waals surface area contributed by atoms with E-state index in [1.165, 1.54) is 12.1 Å². The fraction of sp³-hybridized carbons (Fsp3) is 0. The molecule has 0 saturated carbocycles. The predicted molar refractivity (Wildman–Crippen MR) is 103 cm³/mol. The molecule has 4 rings (SSSR count). The van der Waals surface area contributed by atoms with Gasteiger partial charge in [0.05, 0.1) is 4.92 Å². The van der Waals surface area contributed by atoms with Gasteiger partial charge in [-0.25, -0.2) is 0 Å². The third kappa shape index (κ3) is 3.70. The van der Waals surface area contributed by atoms with E-state index < -0.39 is 4.92 Å². The third-order valence-electron chi connectivity index (χ3n) is 3.89. The summed E-state index contributed by atoms with van der Waals surface area (Å²) in [6.45, 7) is 0. The van der Waals surface area contributed by atoms with E-state index in [2.05, 4.69) is 10.1 Å². The van der Waals surface area contributed by atoms with Gasteiger partial charge in [-0.05, 0) is 36.4 Å². The zero-order valence-electron chi connectivity index (χ0n) is 14.3. The highest BCUT2D eigenvalue weighted by atomic mass is 35.5. The summed E-state index contributed by atoms with van der Waals surface area (Å²) in [5.41, 5.74) is 0.871. The van der Waals surface area contributed by atoms with Gasteiger partial charge in [-0.1, -0.05) is 47.1 Å². The lowest BCUT2D eigenvalue weighted by atomic mass is 10.2. The lowest BCUT2D eigenvalue weighted by molar-refractivity contribution is -0.384. The van der Waals surface area contributed by atoms with Crippen molar-refractivity contribution >= 4 is 17.3 Å². The molecule has 138 valence electrons. The maximum atomic E-state index is 11.1. The number of ether oxygens (including phenoxy) is 1. The molecule has 1 heterocycles. The average molecular weight is 394 g/mol. The van der Waals surface area contributed by atoms with Gasteiger partial charge in [-0.2, -0.15) is 4.98 Å². The molecule has 28 heavy (non-hydrogen) atoms. The van der Waals surface area contributed by atoms with E-state index in [4.69, 9.17) is 20.9 Å². The van der Waals surface area contributed by atoms with Crippen molar-refractivity contribution in [3.63, 3.8) is 0 Å². The van der Waals surface area contributed by atoms with Crippen LogP contribution in [0, 0.1) is 10.1 Å². The topological polar surface area (TPSA) is 91.3 Å². The van der Waals surface area contributed by atoms with E-state index in [1.54, 1.807) is 12.1 Å². The molecule has 3 aromatic carbocycles. The van der Waals surface area contributed by atoms with Gasteiger partial charge in [0.2, 0.25) is 5.82 Å². The zero-order valence-corrected chi connectivity index (χ0v) is 15.0. The number of aromatic nitrogens is 2. The third-order valence-corrected chi connectivity index (χ3v) is 4.21. The first kappa shape index (κ1) is 17.7. The van der Waals surface area contributed by atoms with E-state index >= 15 is 0 Å². The van der Waals surface area contributed by atoms with Crippen molar-refractivity contribution in [1.82, 2.24) is 10.1 Å². The summed E-state index contributed by atoms with van der Waals surface area (Å²) in [5.74, 6) is 1.83. The first-order valence-corrected chi connectivity index (χ1v) is 8.59. The number of hydrogen-bond donors (Lipinski definition) is 0. The molecule has 0 spiro atoms. The van der Waals surface area contributed by atoms with Gasteiger partial charge in [0, 0.05) is 17.2 Å². The molecule has 1 aromatic heterocycles. The van der Waals surface area contributed by atoms with Crippen LogP contribution in [0.25, 0.3) is 22.8 Å². The van der Waals surface area contributed by atoms with Gasteiger partial charge in [-0.15, -0.1) is 0 Å². The Hall–Kier alpha value is -3.71. The van der Waals surface area contributed by atoms with E-state index in [9.17, 15) is 10.1 Å². The van der Waals surface area contributed by atoms with Gasteiger partial charge in [0.1, 0.15) is 16.5 Å². The largest absolute Gasteiger partial charge is 0.457 e. The summed E-state index contributed by atoms with van der Waals surface area (Å²) < 4.78 is 11.1. The standard InChI is InChI=1S/C20H12ClN3O4/c21-17-10-9-14(12-18(17)24(25)26)20-22-19(23-28-20)13-5-4-8-16(11-13)27-15-6-2-1-3-7-15/h1-12H. The number of hydrogen-bond acceptors (Lipinski definition) is 6. The number of rotatable bonds is 5. The molecule has 4 aromatic rings. The fourth-order valence-electron chi connectivity index (χ4n) is 2.57. The Balaban J connectivity index is 1.62. The van der Waals surface area contributed by atoms with Crippen molar-refractivity contribution in [2.75, 3.05) is 0 Å². The SMILES string of the molecule is O=[N+]([O-])c1cc(-c2nc(-c3cccc(Oc4ccccc4)c3)no2)ccc1Cl. The van der Waals surface area contributed by atoms with Crippen molar-refractivity contribution in [3.05, 3.63) is 87.9 Å². The molecule has 0 amide bonds. The van der Waals surface area contributed by atoms with Gasteiger partial charge in [0.25, 0.3) is 11.6 Å². The predicted octanol–water partition coefficient (Wildman–Crippen LogP) is 5.76. The Morgan fingerprint density at radius 3 is 2.50 bits per heavy atom. The van der Waals surface area contributed by atoms with Crippen molar-refractivity contribution in [2.24, 2.45) is 0 Å². The number of para-hydroxylation sites is 1. The second-order valence-corrected chi connectivity index (χ2v) is 6.20. The molecular formula is C20H12ClN3O4. The van der Waals surface area contributed by atoms with E-state index in [-0.39, 0.29) is 16.6 Å². The van der Waals surface area contributed by atoms with Crippen LogP contribution in [0.3, 0.4) is 0 Å². The molecule has 0 atom stereocenters. The second kappa shape index (κ2) is 7.50. The van der Waals surface area contributed by atoms with Crippen molar-refractivity contribution < 1.29 is 14.2 Å². The van der Waals surface area contributed by atoms with Crippen molar-refractivity contribution in [3.8, 4) is 34.3 Å². The number of nitro groups is 1. The quantitative estimate of drug-likeness (QED) is 0.316. The Morgan fingerprint density at radius 2 is 1.71 bits per heavy atom. The highest BCUT2D eigenvalue weighted by Gasteiger charge is 2.17. The van der Waals surface area contributed by atoms with Gasteiger partial charge >= 0.3 is 0 Å². The number of nitrogens with zero attached hydrogens (tertiary/aromatic N) is 3. The summed E-state index contributed by atoms with van der Waals surface area (Å²) in [6, 6.07) is 20.9. The Bertz CT molecular complexity index is 1150. The average Bonchev–Trinajstić information content (AvgIpc) is 3.19. The molecule has 0 aliphatic rings. The zero-order chi connectivity index (χ0) is 19.5. The lowest BCUT2D eigenvalue weighted by Gasteiger charge is -2.05. The van der Waals surface area contributed by atoms with Crippen LogP contribution in [-0.4, -0.2) is 15.1 Å². The lowest BCUT2D eigenvalue weighted by Crippen LogP contribution is -1.90. The highest BCUT2D eigenvalue weighted by molar-refractivity contribution is 6.32. The van der Waals surface area contributed by atoms with Crippen LogP contribution in [0.1, 0.15) is 0 Å². The molecule has 0 radical (unpaired) electrons. The first-order chi connectivity index (χ1) is 13.6. The molecular weight excluding hydrogens is 382 g/mol. The minimum absolute atomic E-state index is 0.0410. The normalized spacial score (nSPS) is 10.6. The maximum Gasteiger partial charge on any atom is 0.288 e. The van der Waals surface area contributed by atoms with Gasteiger partial charge in [-0.3, -0.25) is 10.1 Å². The monoisotopic (exact) mass is 393 g/mol. The van der Waals surface area contributed by atoms with Crippen LogP contribution in [0.15, 0.2) is 77.3 Å². The Labute approximate surface area is 164 Å². The molecule has 0 N–H and O–H groups in total. The molecule has 0 bridgehead atoms. The summed E-state index contributed by atoms with van der Waals surface area (Å²) in [5, 5.41) is 15.1. The van der Waals surface area contributed by atoms with Crippen LogP contribution in [0.2, 0.25) is 5.02 Å². The summed E-state index contributed by atoms with van der Waals surface area (Å²) in [7, 11) is 0. The smallest absolute Gasteiger partial charge is 0.288 e. The fourth-order valence-corrected chi connectivity index (χ4v) is 2.75. The molecule has 7 nitrogen and oxygen atoms in total. The minimum Gasteiger partial charge on any atom is -0.457 e. The summed E-state index contributed by atoms with van der Waals surface area (Å²) in [4.78, 5) is 14.8. The molecule has 0 unspecified atom stereocenters. The molecule has 0 fully saturated rings. The number of nitro benzene ring substituents is 1. The second-order valence-electron chi connectivity index (χ2n) is 5.79. The van der Waals surface area contributed by atoms with Crippen LogP contribution in [0.5, 0.6) is 11.5 Å². The van der Waals surface area contributed by atoms with Crippen LogP contribution < -0.4 is 4.74 Å². The Kier molecular flexibility index (Phi) is 4.74. The Morgan fingerprint density at radius 1 is 0.929 bits per heavy atom. The van der Waals surface area contributed by atoms with Crippen molar-refractivity contribution in [2.45, 2.75) is 0 Å². The van der Waals surface area contributed by atoms with Gasteiger partial charge < -0.3 is 9.26 Å². The molecule has 8 heteroatoms. The number of benzene rings is 3. The van der Waals surface area contributed by atoms with Crippen LogP contribution >= 0.6 is 11.6 Å². The van der Waals surface area contributed by atoms with Crippen LogP contribution in [-0.2, 0) is 0 Å².